The van der Waals surface area contributed by atoms with Crippen LogP contribution in [0.3, 0.4) is 0 Å². The molecule has 4 heteroatoms. The van der Waals surface area contributed by atoms with Crippen LogP contribution in [0.4, 0.5) is 0 Å². The molecule has 0 amide bonds. The second-order valence-electron chi connectivity index (χ2n) is 5.18. The zero-order valence-corrected chi connectivity index (χ0v) is 12.1. The molecule has 0 fully saturated rings. The van der Waals surface area contributed by atoms with Crippen molar-refractivity contribution < 1.29 is 14.6 Å². The average molecular weight is 265 g/mol. The van der Waals surface area contributed by atoms with Gasteiger partial charge < -0.3 is 14.6 Å². The summed E-state index contributed by atoms with van der Waals surface area (Å²) >= 11 is 0. The Balaban J connectivity index is 2.25. The Labute approximate surface area is 114 Å². The Hall–Kier alpha value is -1.26. The van der Waals surface area contributed by atoms with E-state index in [1.54, 1.807) is 14.2 Å². The molecule has 0 aromatic heterocycles. The van der Waals surface area contributed by atoms with E-state index in [-0.39, 0.29) is 12.1 Å². The molecule has 0 saturated heterocycles. The van der Waals surface area contributed by atoms with Gasteiger partial charge in [0.05, 0.1) is 20.3 Å². The van der Waals surface area contributed by atoms with Gasteiger partial charge >= 0.3 is 0 Å². The second-order valence-corrected chi connectivity index (χ2v) is 5.18. The first-order valence-corrected chi connectivity index (χ1v) is 6.72. The van der Waals surface area contributed by atoms with E-state index < -0.39 is 0 Å². The van der Waals surface area contributed by atoms with E-state index in [0.717, 1.165) is 31.0 Å². The first-order chi connectivity index (χ1) is 9.06. The van der Waals surface area contributed by atoms with Crippen molar-refractivity contribution in [3.05, 3.63) is 23.3 Å². The van der Waals surface area contributed by atoms with Gasteiger partial charge in [-0.25, -0.2) is 0 Å². The summed E-state index contributed by atoms with van der Waals surface area (Å²) in [4.78, 5) is 2.30. The molecule has 1 N–H and O–H groups in total. The number of benzene rings is 1. The van der Waals surface area contributed by atoms with Crippen molar-refractivity contribution in [3.8, 4) is 11.5 Å². The molecule has 1 aliphatic heterocycles. The van der Waals surface area contributed by atoms with Crippen LogP contribution < -0.4 is 9.47 Å². The molecule has 106 valence electrons. The van der Waals surface area contributed by atoms with Crippen molar-refractivity contribution in [3.63, 3.8) is 0 Å². The molecule has 0 bridgehead atoms. The van der Waals surface area contributed by atoms with Crippen LogP contribution in [0.2, 0.25) is 0 Å². The molecule has 0 spiro atoms. The monoisotopic (exact) mass is 265 g/mol. The molecule has 19 heavy (non-hydrogen) atoms. The lowest BCUT2D eigenvalue weighted by atomic mass is 9.97. The summed E-state index contributed by atoms with van der Waals surface area (Å²) in [5.41, 5.74) is 2.57. The second kappa shape index (κ2) is 5.80. The lowest BCUT2D eigenvalue weighted by molar-refractivity contribution is 0.0626. The van der Waals surface area contributed by atoms with E-state index in [1.165, 1.54) is 11.1 Å². The highest BCUT2D eigenvalue weighted by Crippen LogP contribution is 2.33. The highest BCUT2D eigenvalue weighted by atomic mass is 16.5. The van der Waals surface area contributed by atoms with Gasteiger partial charge in [-0.3, -0.25) is 4.90 Å². The molecule has 0 aliphatic carbocycles. The Bertz CT molecular complexity index is 445. The number of nitrogens with zero attached hydrogens (tertiary/aromatic N) is 1. The minimum absolute atomic E-state index is 0.168. The van der Waals surface area contributed by atoms with E-state index in [1.807, 2.05) is 6.92 Å². The predicted molar refractivity (Wildman–Crippen MR) is 74.8 cm³/mol. The minimum atomic E-state index is -0.318. The summed E-state index contributed by atoms with van der Waals surface area (Å²) in [5, 5.41) is 9.72. The van der Waals surface area contributed by atoms with Gasteiger partial charge in [-0.2, -0.15) is 0 Å². The third-order valence-electron chi connectivity index (χ3n) is 4.02. The lowest BCUT2D eigenvalue weighted by Crippen LogP contribution is -2.43. The van der Waals surface area contributed by atoms with Crippen LogP contribution >= 0.6 is 0 Å². The molecule has 2 unspecified atom stereocenters. The number of hydrogen-bond donors (Lipinski definition) is 1. The van der Waals surface area contributed by atoms with Gasteiger partial charge in [-0.1, -0.05) is 0 Å². The number of ether oxygens (including phenoxy) is 2. The predicted octanol–water partition coefficient (Wildman–Crippen LogP) is 1.83. The first-order valence-electron chi connectivity index (χ1n) is 6.72. The molecule has 2 rings (SSSR count). The maximum absolute atomic E-state index is 9.72. The minimum Gasteiger partial charge on any atom is -0.493 e. The van der Waals surface area contributed by atoms with Crippen LogP contribution in [-0.4, -0.2) is 42.9 Å². The standard InChI is InChI=1S/C15H23NO3/c1-10(11(2)17)16-6-5-12-7-14(18-3)15(19-4)8-13(12)9-16/h7-8,10-11,17H,5-6,9H2,1-4H3. The number of hydrogen-bond acceptors (Lipinski definition) is 4. The highest BCUT2D eigenvalue weighted by Gasteiger charge is 2.24. The summed E-state index contributed by atoms with van der Waals surface area (Å²) in [6, 6.07) is 4.29. The molecular weight excluding hydrogens is 242 g/mol. The lowest BCUT2D eigenvalue weighted by Gasteiger charge is -2.35. The number of fused-ring (bicyclic) bond motifs is 1. The highest BCUT2D eigenvalue weighted by molar-refractivity contribution is 5.48. The molecule has 1 heterocycles. The van der Waals surface area contributed by atoms with Crippen molar-refractivity contribution in [1.29, 1.82) is 0 Å². The van der Waals surface area contributed by atoms with Gasteiger partial charge in [-0.15, -0.1) is 0 Å². The fourth-order valence-electron chi connectivity index (χ4n) is 2.56. The number of aliphatic hydroxyl groups is 1. The Morgan fingerprint density at radius 2 is 1.68 bits per heavy atom. The van der Waals surface area contributed by atoms with E-state index >= 15 is 0 Å². The third kappa shape index (κ3) is 2.85. The quantitative estimate of drug-likeness (QED) is 0.902. The van der Waals surface area contributed by atoms with Crippen molar-refractivity contribution >= 4 is 0 Å². The van der Waals surface area contributed by atoms with Gasteiger partial charge in [0, 0.05) is 19.1 Å². The number of methoxy groups -OCH3 is 2. The van der Waals surface area contributed by atoms with E-state index in [9.17, 15) is 5.11 Å². The van der Waals surface area contributed by atoms with Gasteiger partial charge in [0.1, 0.15) is 0 Å². The van der Waals surface area contributed by atoms with Gasteiger partial charge in [0.25, 0.3) is 0 Å². The van der Waals surface area contributed by atoms with Gasteiger partial charge in [0.15, 0.2) is 11.5 Å². The normalized spacial score (nSPS) is 18.6. The van der Waals surface area contributed by atoms with Crippen LogP contribution in [0.5, 0.6) is 11.5 Å². The van der Waals surface area contributed by atoms with Crippen molar-refractivity contribution in [2.45, 2.75) is 39.0 Å². The molecule has 1 aliphatic rings. The largest absolute Gasteiger partial charge is 0.493 e. The fraction of sp³-hybridized carbons (Fsp3) is 0.600. The van der Waals surface area contributed by atoms with Crippen LogP contribution in [0.1, 0.15) is 25.0 Å². The topological polar surface area (TPSA) is 41.9 Å². The summed E-state index contributed by atoms with van der Waals surface area (Å²) in [5.74, 6) is 1.56. The Morgan fingerprint density at radius 1 is 1.11 bits per heavy atom. The Kier molecular flexibility index (Phi) is 4.32. The third-order valence-corrected chi connectivity index (χ3v) is 4.02. The SMILES string of the molecule is COc1cc2c(cc1OC)CN(C(C)C(C)O)CC2. The van der Waals surface area contributed by atoms with E-state index in [0.29, 0.717) is 0 Å². The number of aliphatic hydroxyl groups excluding tert-OH is 1. The molecule has 0 saturated carbocycles. The zero-order chi connectivity index (χ0) is 14.0. The molecule has 0 radical (unpaired) electrons. The summed E-state index contributed by atoms with van der Waals surface area (Å²) < 4.78 is 10.7. The van der Waals surface area contributed by atoms with Crippen LogP contribution in [0.25, 0.3) is 0 Å². The molecular formula is C15H23NO3. The summed E-state index contributed by atoms with van der Waals surface area (Å²) in [6.07, 6.45) is 0.661. The smallest absolute Gasteiger partial charge is 0.161 e. The van der Waals surface area contributed by atoms with Crippen LogP contribution in [0, 0.1) is 0 Å². The van der Waals surface area contributed by atoms with Crippen LogP contribution in [0.15, 0.2) is 12.1 Å². The molecule has 4 nitrogen and oxygen atoms in total. The summed E-state index contributed by atoms with van der Waals surface area (Å²) in [7, 11) is 3.32. The van der Waals surface area contributed by atoms with Crippen molar-refractivity contribution in [2.75, 3.05) is 20.8 Å². The van der Waals surface area contributed by atoms with E-state index in [2.05, 4.69) is 24.0 Å². The summed E-state index contributed by atoms with van der Waals surface area (Å²) in [6.45, 7) is 5.72. The van der Waals surface area contributed by atoms with E-state index in [4.69, 9.17) is 9.47 Å². The Morgan fingerprint density at radius 3 is 2.21 bits per heavy atom. The molecule has 1 aromatic carbocycles. The molecule has 2 atom stereocenters. The average Bonchev–Trinajstić information content (AvgIpc) is 2.44. The maximum Gasteiger partial charge on any atom is 0.161 e. The first kappa shape index (κ1) is 14.2. The van der Waals surface area contributed by atoms with Crippen molar-refractivity contribution in [2.24, 2.45) is 0 Å². The van der Waals surface area contributed by atoms with Crippen molar-refractivity contribution in [1.82, 2.24) is 4.90 Å². The fourth-order valence-corrected chi connectivity index (χ4v) is 2.56. The molecule has 1 aromatic rings. The maximum atomic E-state index is 9.72. The van der Waals surface area contributed by atoms with Gasteiger partial charge in [-0.05, 0) is 43.5 Å². The number of rotatable bonds is 4. The van der Waals surface area contributed by atoms with Crippen LogP contribution in [-0.2, 0) is 13.0 Å². The zero-order valence-electron chi connectivity index (χ0n) is 12.1. The van der Waals surface area contributed by atoms with Gasteiger partial charge in [0.2, 0.25) is 0 Å².